The molecule has 0 radical (unpaired) electrons. The zero-order valence-electron chi connectivity index (χ0n) is 16.7. The number of amides is 1. The number of benzene rings is 2. The first-order chi connectivity index (χ1) is 14.2. The molecule has 1 N–H and O–H groups in total. The number of rotatable bonds is 7. The number of carbonyl (C=O) groups is 1. The van der Waals surface area contributed by atoms with Crippen molar-refractivity contribution in [3.63, 3.8) is 0 Å². The molecule has 2 aromatic carbocycles. The molecule has 0 aliphatic heterocycles. The summed E-state index contributed by atoms with van der Waals surface area (Å²) in [7, 11) is 2.06. The van der Waals surface area contributed by atoms with Crippen molar-refractivity contribution in [3.8, 4) is 0 Å². The van der Waals surface area contributed by atoms with Crippen molar-refractivity contribution in [2.24, 2.45) is 0 Å². The second-order valence-electron chi connectivity index (χ2n) is 7.70. The van der Waals surface area contributed by atoms with Crippen molar-refractivity contribution >= 4 is 5.91 Å². The molecule has 1 aromatic heterocycles. The fourth-order valence-electron chi connectivity index (χ4n) is 4.14. The lowest BCUT2D eigenvalue weighted by atomic mass is 9.91. The van der Waals surface area contributed by atoms with E-state index >= 15 is 0 Å². The average Bonchev–Trinajstić information content (AvgIpc) is 3.16. The third-order valence-corrected chi connectivity index (χ3v) is 5.78. The maximum atomic E-state index is 13.5. The van der Waals surface area contributed by atoms with Crippen LogP contribution in [0.2, 0.25) is 0 Å². The molecule has 1 aliphatic carbocycles. The van der Waals surface area contributed by atoms with Gasteiger partial charge < -0.3 is 5.32 Å². The van der Waals surface area contributed by atoms with Crippen LogP contribution < -0.4 is 5.32 Å². The van der Waals surface area contributed by atoms with Crippen molar-refractivity contribution in [3.05, 3.63) is 95.6 Å². The Kier molecular flexibility index (Phi) is 5.67. The van der Waals surface area contributed by atoms with Crippen LogP contribution in [0.25, 0.3) is 0 Å². The fourth-order valence-corrected chi connectivity index (χ4v) is 4.14. The standard InChI is InChI=1S/C24H26N4O/c1-28(18-19-7-3-2-4-8-19)24(15-20-9-5-6-10-21(20)16-24)23(29)27-12-11-22-17-25-13-14-26-22/h2-10,13-14,17H,11-12,15-16,18H2,1H3,(H,27,29). The van der Waals surface area contributed by atoms with Crippen molar-refractivity contribution in [2.45, 2.75) is 31.3 Å². The summed E-state index contributed by atoms with van der Waals surface area (Å²) in [5.41, 5.74) is 4.03. The lowest BCUT2D eigenvalue weighted by molar-refractivity contribution is -0.132. The molecule has 5 nitrogen and oxygen atoms in total. The Morgan fingerprint density at radius 3 is 2.38 bits per heavy atom. The third-order valence-electron chi connectivity index (χ3n) is 5.78. The van der Waals surface area contributed by atoms with Crippen LogP contribution in [0.5, 0.6) is 0 Å². The van der Waals surface area contributed by atoms with Gasteiger partial charge >= 0.3 is 0 Å². The van der Waals surface area contributed by atoms with E-state index in [9.17, 15) is 4.79 Å². The minimum Gasteiger partial charge on any atom is -0.354 e. The number of carbonyl (C=O) groups excluding carboxylic acids is 1. The van der Waals surface area contributed by atoms with E-state index in [1.807, 2.05) is 18.2 Å². The van der Waals surface area contributed by atoms with E-state index in [1.54, 1.807) is 18.6 Å². The molecular formula is C24H26N4O. The molecule has 29 heavy (non-hydrogen) atoms. The molecule has 0 bridgehead atoms. The number of hydrogen-bond donors (Lipinski definition) is 1. The van der Waals surface area contributed by atoms with Gasteiger partial charge in [-0.05, 0) is 23.7 Å². The van der Waals surface area contributed by atoms with E-state index in [0.717, 1.165) is 25.1 Å². The lowest BCUT2D eigenvalue weighted by Gasteiger charge is -2.37. The monoisotopic (exact) mass is 386 g/mol. The Morgan fingerprint density at radius 1 is 1.03 bits per heavy atom. The summed E-state index contributed by atoms with van der Waals surface area (Å²) < 4.78 is 0. The van der Waals surface area contributed by atoms with Gasteiger partial charge in [0.15, 0.2) is 0 Å². The largest absolute Gasteiger partial charge is 0.354 e. The van der Waals surface area contributed by atoms with Crippen molar-refractivity contribution in [2.75, 3.05) is 13.6 Å². The first kappa shape index (κ1) is 19.3. The van der Waals surface area contributed by atoms with E-state index < -0.39 is 5.54 Å². The highest BCUT2D eigenvalue weighted by Gasteiger charge is 2.46. The molecule has 0 unspecified atom stereocenters. The number of likely N-dealkylation sites (N-methyl/N-ethyl adjacent to an activating group) is 1. The van der Waals surface area contributed by atoms with Crippen LogP contribution in [0.3, 0.4) is 0 Å². The van der Waals surface area contributed by atoms with Crippen LogP contribution in [0, 0.1) is 0 Å². The van der Waals surface area contributed by atoms with Crippen LogP contribution in [-0.2, 0) is 30.6 Å². The van der Waals surface area contributed by atoms with Crippen molar-refractivity contribution in [1.82, 2.24) is 20.2 Å². The fraction of sp³-hybridized carbons (Fsp3) is 0.292. The molecule has 5 heteroatoms. The van der Waals surface area contributed by atoms with E-state index in [2.05, 4.69) is 63.6 Å². The number of aromatic nitrogens is 2. The molecule has 1 amide bonds. The number of fused-ring (bicyclic) bond motifs is 1. The quantitative estimate of drug-likeness (QED) is 0.678. The van der Waals surface area contributed by atoms with Crippen LogP contribution in [0.1, 0.15) is 22.4 Å². The first-order valence-electron chi connectivity index (χ1n) is 10.0. The van der Waals surface area contributed by atoms with Crippen molar-refractivity contribution < 1.29 is 4.79 Å². The lowest BCUT2D eigenvalue weighted by Crippen LogP contribution is -2.58. The highest BCUT2D eigenvalue weighted by molar-refractivity contribution is 5.88. The van der Waals surface area contributed by atoms with Gasteiger partial charge in [-0.1, -0.05) is 54.6 Å². The highest BCUT2D eigenvalue weighted by Crippen LogP contribution is 2.35. The Balaban J connectivity index is 1.51. The Morgan fingerprint density at radius 2 is 1.72 bits per heavy atom. The van der Waals surface area contributed by atoms with Gasteiger partial charge in [-0.2, -0.15) is 0 Å². The third kappa shape index (κ3) is 4.20. The van der Waals surface area contributed by atoms with E-state index in [1.165, 1.54) is 16.7 Å². The second-order valence-corrected chi connectivity index (χ2v) is 7.70. The molecule has 0 spiro atoms. The highest BCUT2D eigenvalue weighted by atomic mass is 16.2. The summed E-state index contributed by atoms with van der Waals surface area (Å²) in [4.78, 5) is 24.1. The van der Waals surface area contributed by atoms with Crippen LogP contribution in [-0.4, -0.2) is 39.9 Å². The minimum absolute atomic E-state index is 0.0796. The first-order valence-corrected chi connectivity index (χ1v) is 10.0. The van der Waals surface area contributed by atoms with Gasteiger partial charge in [-0.25, -0.2) is 0 Å². The van der Waals surface area contributed by atoms with Gasteiger partial charge in [-0.3, -0.25) is 19.7 Å². The molecule has 0 atom stereocenters. The molecular weight excluding hydrogens is 360 g/mol. The molecule has 0 saturated carbocycles. The normalized spacial score (nSPS) is 14.6. The second kappa shape index (κ2) is 8.53. The summed E-state index contributed by atoms with van der Waals surface area (Å²) in [5, 5.41) is 3.17. The average molecular weight is 386 g/mol. The van der Waals surface area contributed by atoms with Crippen LogP contribution >= 0.6 is 0 Å². The smallest absolute Gasteiger partial charge is 0.241 e. The van der Waals surface area contributed by atoms with Gasteiger partial charge in [0, 0.05) is 50.9 Å². The molecule has 0 saturated heterocycles. The van der Waals surface area contributed by atoms with Gasteiger partial charge in [-0.15, -0.1) is 0 Å². The Bertz CT molecular complexity index is 934. The van der Waals surface area contributed by atoms with Crippen LogP contribution in [0.15, 0.2) is 73.2 Å². The summed E-state index contributed by atoms with van der Waals surface area (Å²) in [5.74, 6) is 0.0796. The Hall–Kier alpha value is -3.05. The van der Waals surface area contributed by atoms with Gasteiger partial charge in [0.05, 0.1) is 5.69 Å². The summed E-state index contributed by atoms with van der Waals surface area (Å²) >= 11 is 0. The number of hydrogen-bond acceptors (Lipinski definition) is 4. The molecule has 1 aliphatic rings. The maximum Gasteiger partial charge on any atom is 0.241 e. The summed E-state index contributed by atoms with van der Waals surface area (Å²) in [6, 6.07) is 18.7. The zero-order valence-corrected chi connectivity index (χ0v) is 16.7. The van der Waals surface area contributed by atoms with Gasteiger partial charge in [0.1, 0.15) is 5.54 Å². The molecule has 3 aromatic rings. The summed E-state index contributed by atoms with van der Waals surface area (Å²) in [6.07, 6.45) is 7.21. The SMILES string of the molecule is CN(Cc1ccccc1)C1(C(=O)NCCc2cnccn2)Cc2ccccc2C1. The van der Waals surface area contributed by atoms with Gasteiger partial charge in [0.2, 0.25) is 5.91 Å². The van der Waals surface area contributed by atoms with Crippen LogP contribution in [0.4, 0.5) is 0 Å². The van der Waals surface area contributed by atoms with E-state index in [-0.39, 0.29) is 5.91 Å². The molecule has 1 heterocycles. The van der Waals surface area contributed by atoms with E-state index in [0.29, 0.717) is 13.0 Å². The zero-order chi connectivity index (χ0) is 20.1. The molecule has 4 rings (SSSR count). The topological polar surface area (TPSA) is 58.1 Å². The molecule has 148 valence electrons. The van der Waals surface area contributed by atoms with Crippen molar-refractivity contribution in [1.29, 1.82) is 0 Å². The van der Waals surface area contributed by atoms with Gasteiger partial charge in [0.25, 0.3) is 0 Å². The predicted octanol–water partition coefficient (Wildman–Crippen LogP) is 2.80. The molecule has 0 fully saturated rings. The van der Waals surface area contributed by atoms with E-state index in [4.69, 9.17) is 0 Å². The maximum absolute atomic E-state index is 13.5. The predicted molar refractivity (Wildman–Crippen MR) is 113 cm³/mol. The number of nitrogens with one attached hydrogen (secondary N) is 1. The minimum atomic E-state index is -0.581. The summed E-state index contributed by atoms with van der Waals surface area (Å²) in [6.45, 7) is 1.28. The number of nitrogens with zero attached hydrogens (tertiary/aromatic N) is 3. The Labute approximate surface area is 171 Å².